The zero-order valence-electron chi connectivity index (χ0n) is 11.6. The molecule has 0 aromatic carbocycles. The second-order valence-electron chi connectivity index (χ2n) is 5.99. The van der Waals surface area contributed by atoms with Crippen LogP contribution in [0.15, 0.2) is 5.38 Å². The molecule has 3 rings (SSSR count). The lowest BCUT2D eigenvalue weighted by Gasteiger charge is -2.38. The van der Waals surface area contributed by atoms with Gasteiger partial charge in [0.05, 0.1) is 18.0 Å². The smallest absolute Gasteiger partial charge is 0.264 e. The number of rotatable bonds is 2. The highest BCUT2D eigenvalue weighted by Crippen LogP contribution is 2.32. The third-order valence-electron chi connectivity index (χ3n) is 4.43. The Morgan fingerprint density at radius 3 is 2.95 bits per heavy atom. The number of aliphatic hydroxyl groups is 2. The molecule has 1 aromatic heterocycles. The van der Waals surface area contributed by atoms with E-state index in [0.717, 1.165) is 30.6 Å². The van der Waals surface area contributed by atoms with Gasteiger partial charge in [0, 0.05) is 6.54 Å². The maximum Gasteiger partial charge on any atom is 0.264 e. The molecule has 5 heteroatoms. The van der Waals surface area contributed by atoms with Gasteiger partial charge in [0.1, 0.15) is 5.60 Å². The highest BCUT2D eigenvalue weighted by Gasteiger charge is 2.36. The number of thiophene rings is 1. The average Bonchev–Trinajstić information content (AvgIpc) is 2.90. The fraction of sp³-hybridized carbons (Fsp3) is 0.667. The van der Waals surface area contributed by atoms with E-state index in [9.17, 15) is 15.0 Å². The van der Waals surface area contributed by atoms with Gasteiger partial charge in [-0.25, -0.2) is 0 Å². The quantitative estimate of drug-likeness (QED) is 0.871. The lowest BCUT2D eigenvalue weighted by Crippen LogP contribution is -2.52. The van der Waals surface area contributed by atoms with Gasteiger partial charge in [-0.15, -0.1) is 11.3 Å². The molecule has 20 heavy (non-hydrogen) atoms. The van der Waals surface area contributed by atoms with Crippen LogP contribution in [0.5, 0.6) is 0 Å². The van der Waals surface area contributed by atoms with Crippen LogP contribution in [0.1, 0.15) is 46.5 Å². The van der Waals surface area contributed by atoms with Crippen molar-refractivity contribution in [3.63, 3.8) is 0 Å². The summed E-state index contributed by atoms with van der Waals surface area (Å²) in [5, 5.41) is 21.6. The molecule has 1 fully saturated rings. The van der Waals surface area contributed by atoms with Crippen LogP contribution in [0.2, 0.25) is 0 Å². The Kier molecular flexibility index (Phi) is 3.84. The van der Waals surface area contributed by atoms with E-state index in [-0.39, 0.29) is 19.1 Å². The van der Waals surface area contributed by atoms with E-state index in [1.165, 1.54) is 28.9 Å². The number of likely N-dealkylation sites (tertiary alicyclic amines) is 1. The molecular weight excluding hydrogens is 274 g/mol. The summed E-state index contributed by atoms with van der Waals surface area (Å²) in [6.07, 6.45) is 5.76. The first-order valence-corrected chi connectivity index (χ1v) is 8.23. The molecule has 2 aliphatic rings. The molecule has 4 nitrogen and oxygen atoms in total. The van der Waals surface area contributed by atoms with Gasteiger partial charge in [-0.3, -0.25) is 4.79 Å². The van der Waals surface area contributed by atoms with Crippen LogP contribution < -0.4 is 0 Å². The highest BCUT2D eigenvalue weighted by molar-refractivity contribution is 7.12. The first kappa shape index (κ1) is 14.0. The number of piperidine rings is 1. The van der Waals surface area contributed by atoms with E-state index in [2.05, 4.69) is 5.38 Å². The SMILES string of the molecule is O=C(c1scc2c1CCCC2)N1CCC[C@@](O)(CO)C1. The van der Waals surface area contributed by atoms with Gasteiger partial charge in [-0.05, 0) is 55.0 Å². The Bertz CT molecular complexity index is 513. The third-order valence-corrected chi connectivity index (χ3v) is 5.49. The molecule has 2 heterocycles. The van der Waals surface area contributed by atoms with Gasteiger partial charge in [0.25, 0.3) is 5.91 Å². The second-order valence-corrected chi connectivity index (χ2v) is 6.87. The summed E-state index contributed by atoms with van der Waals surface area (Å²) in [6, 6.07) is 0. The van der Waals surface area contributed by atoms with E-state index in [4.69, 9.17) is 0 Å². The van der Waals surface area contributed by atoms with Crippen LogP contribution in [0.4, 0.5) is 0 Å². The van der Waals surface area contributed by atoms with Gasteiger partial charge in [-0.1, -0.05) is 0 Å². The molecule has 1 aliphatic heterocycles. The molecule has 0 saturated carbocycles. The number of carbonyl (C=O) groups excluding carboxylic acids is 1. The second kappa shape index (κ2) is 5.47. The van der Waals surface area contributed by atoms with Crippen molar-refractivity contribution in [1.29, 1.82) is 0 Å². The molecule has 1 atom stereocenters. The normalized spacial score (nSPS) is 26.4. The Labute approximate surface area is 123 Å². The minimum Gasteiger partial charge on any atom is -0.393 e. The summed E-state index contributed by atoms with van der Waals surface area (Å²) >= 11 is 1.54. The van der Waals surface area contributed by atoms with Gasteiger partial charge < -0.3 is 15.1 Å². The van der Waals surface area contributed by atoms with E-state index in [0.29, 0.717) is 13.0 Å². The van der Waals surface area contributed by atoms with Crippen LogP contribution in [-0.2, 0) is 12.8 Å². The van der Waals surface area contributed by atoms with Gasteiger partial charge in [-0.2, -0.15) is 0 Å². The topological polar surface area (TPSA) is 60.8 Å². The van der Waals surface area contributed by atoms with Crippen molar-refractivity contribution in [3.05, 3.63) is 21.4 Å². The first-order valence-electron chi connectivity index (χ1n) is 7.35. The lowest BCUT2D eigenvalue weighted by molar-refractivity contribution is -0.0597. The number of fused-ring (bicyclic) bond motifs is 1. The molecule has 0 spiro atoms. The minimum atomic E-state index is -1.12. The largest absolute Gasteiger partial charge is 0.393 e. The number of nitrogens with zero attached hydrogens (tertiary/aromatic N) is 1. The Balaban J connectivity index is 1.80. The summed E-state index contributed by atoms with van der Waals surface area (Å²) in [5.74, 6) is 0.0322. The van der Waals surface area contributed by atoms with E-state index < -0.39 is 5.60 Å². The zero-order valence-corrected chi connectivity index (χ0v) is 12.4. The molecule has 0 radical (unpaired) electrons. The summed E-state index contributed by atoms with van der Waals surface area (Å²) in [6.45, 7) is 0.641. The number of amides is 1. The zero-order chi connectivity index (χ0) is 14.2. The minimum absolute atomic E-state index is 0.0322. The standard InChI is InChI=1S/C15H21NO3S/c17-10-15(19)6-3-7-16(9-15)14(18)13-12-5-2-1-4-11(12)8-20-13/h8,17,19H,1-7,9-10H2/t15-/m0/s1. The molecule has 1 aromatic rings. The monoisotopic (exact) mass is 295 g/mol. The summed E-state index contributed by atoms with van der Waals surface area (Å²) in [5.41, 5.74) is 1.44. The van der Waals surface area contributed by atoms with E-state index in [1.807, 2.05) is 0 Å². The van der Waals surface area contributed by atoms with Crippen molar-refractivity contribution in [1.82, 2.24) is 4.90 Å². The molecule has 110 valence electrons. The predicted molar refractivity (Wildman–Crippen MR) is 78.1 cm³/mol. The lowest BCUT2D eigenvalue weighted by atomic mass is 9.92. The van der Waals surface area contributed by atoms with Crippen LogP contribution in [0.3, 0.4) is 0 Å². The van der Waals surface area contributed by atoms with Gasteiger partial charge in [0.15, 0.2) is 0 Å². The maximum absolute atomic E-state index is 12.7. The average molecular weight is 295 g/mol. The van der Waals surface area contributed by atoms with Crippen molar-refractivity contribution < 1.29 is 15.0 Å². The van der Waals surface area contributed by atoms with Crippen LogP contribution in [-0.4, -0.2) is 46.3 Å². The number of aryl methyl sites for hydroxylation is 1. The Morgan fingerprint density at radius 2 is 2.15 bits per heavy atom. The number of carbonyl (C=O) groups is 1. The molecule has 1 saturated heterocycles. The van der Waals surface area contributed by atoms with Gasteiger partial charge in [0.2, 0.25) is 0 Å². The maximum atomic E-state index is 12.7. The van der Waals surface area contributed by atoms with Crippen molar-refractivity contribution in [3.8, 4) is 0 Å². The van der Waals surface area contributed by atoms with Crippen molar-refractivity contribution in [2.75, 3.05) is 19.7 Å². The van der Waals surface area contributed by atoms with Crippen LogP contribution in [0, 0.1) is 0 Å². The summed E-state index contributed by atoms with van der Waals surface area (Å²) in [4.78, 5) is 15.2. The van der Waals surface area contributed by atoms with Crippen molar-refractivity contribution in [2.45, 2.75) is 44.1 Å². The van der Waals surface area contributed by atoms with E-state index in [1.54, 1.807) is 4.90 Å². The number of hydrogen-bond acceptors (Lipinski definition) is 4. The van der Waals surface area contributed by atoms with Crippen LogP contribution in [0.25, 0.3) is 0 Å². The van der Waals surface area contributed by atoms with Gasteiger partial charge >= 0.3 is 0 Å². The predicted octanol–water partition coefficient (Wildman–Crippen LogP) is 1.59. The third kappa shape index (κ3) is 2.50. The first-order chi connectivity index (χ1) is 9.63. The molecular formula is C15H21NO3S. The molecule has 1 aliphatic carbocycles. The molecule has 0 bridgehead atoms. The van der Waals surface area contributed by atoms with Crippen LogP contribution >= 0.6 is 11.3 Å². The number of β-amino-alcohol motifs (C(OH)–C–C–N with tert-alkyl or cyclic N) is 1. The fourth-order valence-corrected chi connectivity index (χ4v) is 4.38. The fourth-order valence-electron chi connectivity index (χ4n) is 3.26. The number of aliphatic hydroxyl groups excluding tert-OH is 1. The molecule has 2 N–H and O–H groups in total. The highest BCUT2D eigenvalue weighted by atomic mass is 32.1. The number of hydrogen-bond donors (Lipinski definition) is 2. The summed E-state index contributed by atoms with van der Waals surface area (Å²) < 4.78 is 0. The molecule has 0 unspecified atom stereocenters. The summed E-state index contributed by atoms with van der Waals surface area (Å²) in [7, 11) is 0. The van der Waals surface area contributed by atoms with E-state index >= 15 is 0 Å². The Morgan fingerprint density at radius 1 is 1.35 bits per heavy atom. The Hall–Kier alpha value is -0.910. The van der Waals surface area contributed by atoms with Crippen molar-refractivity contribution >= 4 is 17.2 Å². The van der Waals surface area contributed by atoms with Crippen molar-refractivity contribution in [2.24, 2.45) is 0 Å². The molecule has 1 amide bonds.